The highest BCUT2D eigenvalue weighted by Gasteiger charge is 2.20. The Labute approximate surface area is 140 Å². The molecule has 0 atom stereocenters. The Morgan fingerprint density at radius 3 is 2.70 bits per heavy atom. The van der Waals surface area contributed by atoms with Crippen LogP contribution in [0.25, 0.3) is 0 Å². The molecule has 2 heterocycles. The lowest BCUT2D eigenvalue weighted by Crippen LogP contribution is -2.28. The number of ether oxygens (including phenoxy) is 1. The number of nitrogens with one attached hydrogen (secondary N) is 1. The number of halogens is 1. The van der Waals surface area contributed by atoms with Crippen LogP contribution >= 0.6 is 11.6 Å². The molecule has 6 heteroatoms. The summed E-state index contributed by atoms with van der Waals surface area (Å²) >= 11 is 6.02. The Kier molecular flexibility index (Phi) is 4.67. The number of amides is 1. The Hall–Kier alpha value is -2.27. The van der Waals surface area contributed by atoms with Gasteiger partial charge in [-0.3, -0.25) is 4.79 Å². The summed E-state index contributed by atoms with van der Waals surface area (Å²) in [5.74, 6) is 0.681. The maximum atomic E-state index is 12.3. The molecule has 1 aliphatic rings. The fourth-order valence-electron chi connectivity index (χ4n) is 2.61. The standard InChI is InChI=1S/C17H18ClN3O2/c1-23-16-7-4-12(18)10-15(16)20-13-5-6-14(19-11-13)17(22)21-8-2-3-9-21/h4-7,10-11,20H,2-3,8-9H2,1H3. The van der Waals surface area contributed by atoms with E-state index in [-0.39, 0.29) is 5.91 Å². The number of rotatable bonds is 4. The van der Waals surface area contributed by atoms with Gasteiger partial charge < -0.3 is 15.0 Å². The lowest BCUT2D eigenvalue weighted by Gasteiger charge is -2.15. The van der Waals surface area contributed by atoms with Crippen molar-refractivity contribution in [3.05, 3.63) is 47.2 Å². The highest BCUT2D eigenvalue weighted by atomic mass is 35.5. The zero-order valence-electron chi connectivity index (χ0n) is 12.9. The second kappa shape index (κ2) is 6.87. The van der Waals surface area contributed by atoms with Crippen LogP contribution in [0.5, 0.6) is 5.75 Å². The van der Waals surface area contributed by atoms with E-state index < -0.39 is 0 Å². The van der Waals surface area contributed by atoms with E-state index >= 15 is 0 Å². The monoisotopic (exact) mass is 331 g/mol. The smallest absolute Gasteiger partial charge is 0.272 e. The molecule has 0 radical (unpaired) electrons. The van der Waals surface area contributed by atoms with Crippen molar-refractivity contribution in [2.24, 2.45) is 0 Å². The minimum absolute atomic E-state index is 0.00520. The number of hydrogen-bond acceptors (Lipinski definition) is 4. The van der Waals surface area contributed by atoms with Crippen molar-refractivity contribution in [1.82, 2.24) is 9.88 Å². The molecule has 1 aromatic heterocycles. The minimum atomic E-state index is -0.00520. The highest BCUT2D eigenvalue weighted by Crippen LogP contribution is 2.30. The zero-order valence-corrected chi connectivity index (χ0v) is 13.6. The largest absolute Gasteiger partial charge is 0.495 e. The predicted molar refractivity (Wildman–Crippen MR) is 90.7 cm³/mol. The number of aromatic nitrogens is 1. The quantitative estimate of drug-likeness (QED) is 0.927. The number of benzene rings is 1. The van der Waals surface area contributed by atoms with Gasteiger partial charge in [0.2, 0.25) is 0 Å². The SMILES string of the molecule is COc1ccc(Cl)cc1Nc1ccc(C(=O)N2CCCC2)nc1. The summed E-state index contributed by atoms with van der Waals surface area (Å²) in [6, 6.07) is 8.91. The first kappa shape index (κ1) is 15.6. The van der Waals surface area contributed by atoms with E-state index in [9.17, 15) is 4.79 Å². The number of nitrogens with zero attached hydrogens (tertiary/aromatic N) is 2. The van der Waals surface area contributed by atoms with Gasteiger partial charge >= 0.3 is 0 Å². The van der Waals surface area contributed by atoms with Gasteiger partial charge in [0, 0.05) is 18.1 Å². The molecule has 1 aromatic carbocycles. The molecule has 120 valence electrons. The Morgan fingerprint density at radius 2 is 2.04 bits per heavy atom. The van der Waals surface area contributed by atoms with Gasteiger partial charge in [0.1, 0.15) is 11.4 Å². The first-order valence-electron chi connectivity index (χ1n) is 7.53. The lowest BCUT2D eigenvalue weighted by molar-refractivity contribution is 0.0787. The van der Waals surface area contributed by atoms with Crippen molar-refractivity contribution in [3.8, 4) is 5.75 Å². The van der Waals surface area contributed by atoms with Gasteiger partial charge in [-0.25, -0.2) is 4.98 Å². The molecule has 1 saturated heterocycles. The van der Waals surface area contributed by atoms with Crippen molar-refractivity contribution < 1.29 is 9.53 Å². The van der Waals surface area contributed by atoms with E-state index in [2.05, 4.69) is 10.3 Å². The number of hydrogen-bond donors (Lipinski definition) is 1. The number of methoxy groups -OCH3 is 1. The minimum Gasteiger partial charge on any atom is -0.495 e. The molecule has 2 aromatic rings. The van der Waals surface area contributed by atoms with Crippen LogP contribution in [0.2, 0.25) is 5.02 Å². The molecule has 1 fully saturated rings. The molecular weight excluding hydrogens is 314 g/mol. The van der Waals surface area contributed by atoms with Gasteiger partial charge in [0.15, 0.2) is 0 Å². The Bertz CT molecular complexity index is 697. The van der Waals surface area contributed by atoms with E-state index in [4.69, 9.17) is 16.3 Å². The molecule has 1 amide bonds. The molecule has 0 saturated carbocycles. The summed E-state index contributed by atoms with van der Waals surface area (Å²) in [6.07, 6.45) is 3.78. The molecular formula is C17H18ClN3O2. The fourth-order valence-corrected chi connectivity index (χ4v) is 2.78. The normalized spacial score (nSPS) is 13.9. The fraction of sp³-hybridized carbons (Fsp3) is 0.294. The molecule has 23 heavy (non-hydrogen) atoms. The zero-order chi connectivity index (χ0) is 16.2. The van der Waals surface area contributed by atoms with E-state index in [1.165, 1.54) is 0 Å². The number of anilines is 2. The summed E-state index contributed by atoms with van der Waals surface area (Å²) in [4.78, 5) is 18.4. The maximum Gasteiger partial charge on any atom is 0.272 e. The number of carbonyl (C=O) groups is 1. The van der Waals surface area contributed by atoms with Crippen LogP contribution in [0.3, 0.4) is 0 Å². The van der Waals surface area contributed by atoms with Crippen LogP contribution in [-0.4, -0.2) is 36.0 Å². The van der Waals surface area contributed by atoms with Crippen LogP contribution in [0.15, 0.2) is 36.5 Å². The van der Waals surface area contributed by atoms with E-state index in [0.29, 0.717) is 16.5 Å². The number of likely N-dealkylation sites (tertiary alicyclic amines) is 1. The first-order valence-corrected chi connectivity index (χ1v) is 7.91. The van der Waals surface area contributed by atoms with Gasteiger partial charge in [0.25, 0.3) is 5.91 Å². The number of pyridine rings is 1. The third-order valence-electron chi connectivity index (χ3n) is 3.82. The molecule has 0 spiro atoms. The summed E-state index contributed by atoms with van der Waals surface area (Å²) in [7, 11) is 1.60. The molecule has 5 nitrogen and oxygen atoms in total. The highest BCUT2D eigenvalue weighted by molar-refractivity contribution is 6.31. The summed E-state index contributed by atoms with van der Waals surface area (Å²) in [5.41, 5.74) is 1.99. The Balaban J connectivity index is 1.75. The average Bonchev–Trinajstić information content (AvgIpc) is 3.10. The van der Waals surface area contributed by atoms with Gasteiger partial charge in [-0.1, -0.05) is 11.6 Å². The second-order valence-corrected chi connectivity index (χ2v) is 5.84. The van der Waals surface area contributed by atoms with Crippen LogP contribution in [0.1, 0.15) is 23.3 Å². The van der Waals surface area contributed by atoms with Crippen LogP contribution in [0.4, 0.5) is 11.4 Å². The molecule has 1 aliphatic heterocycles. The maximum absolute atomic E-state index is 12.3. The lowest BCUT2D eigenvalue weighted by atomic mass is 10.2. The molecule has 0 aliphatic carbocycles. The van der Waals surface area contributed by atoms with Crippen LogP contribution < -0.4 is 10.1 Å². The van der Waals surface area contributed by atoms with E-state index in [1.54, 1.807) is 37.6 Å². The van der Waals surface area contributed by atoms with Gasteiger partial charge in [-0.15, -0.1) is 0 Å². The summed E-state index contributed by atoms with van der Waals surface area (Å²) in [5, 5.41) is 3.82. The van der Waals surface area contributed by atoms with Crippen LogP contribution in [0, 0.1) is 0 Å². The third-order valence-corrected chi connectivity index (χ3v) is 4.05. The molecule has 1 N–H and O–H groups in total. The van der Waals surface area contributed by atoms with Crippen molar-refractivity contribution in [2.75, 3.05) is 25.5 Å². The summed E-state index contributed by atoms with van der Waals surface area (Å²) < 4.78 is 5.30. The van der Waals surface area contributed by atoms with E-state index in [1.807, 2.05) is 11.0 Å². The second-order valence-electron chi connectivity index (χ2n) is 5.40. The average molecular weight is 332 g/mol. The van der Waals surface area contributed by atoms with Gasteiger partial charge in [-0.2, -0.15) is 0 Å². The van der Waals surface area contributed by atoms with Crippen LogP contribution in [-0.2, 0) is 0 Å². The van der Waals surface area contributed by atoms with Gasteiger partial charge in [0.05, 0.1) is 24.7 Å². The predicted octanol–water partition coefficient (Wildman–Crippen LogP) is 3.72. The third kappa shape index (κ3) is 3.56. The topological polar surface area (TPSA) is 54.5 Å². The number of carbonyl (C=O) groups excluding carboxylic acids is 1. The Morgan fingerprint density at radius 1 is 1.26 bits per heavy atom. The van der Waals surface area contributed by atoms with Crippen molar-refractivity contribution in [2.45, 2.75) is 12.8 Å². The molecule has 3 rings (SSSR count). The van der Waals surface area contributed by atoms with Crippen molar-refractivity contribution in [1.29, 1.82) is 0 Å². The molecule has 0 unspecified atom stereocenters. The van der Waals surface area contributed by atoms with E-state index in [0.717, 1.165) is 37.3 Å². The van der Waals surface area contributed by atoms with Gasteiger partial charge in [-0.05, 0) is 43.2 Å². The summed E-state index contributed by atoms with van der Waals surface area (Å²) in [6.45, 7) is 1.64. The van der Waals surface area contributed by atoms with Crippen molar-refractivity contribution >= 4 is 28.9 Å². The van der Waals surface area contributed by atoms with Crippen molar-refractivity contribution in [3.63, 3.8) is 0 Å². The first-order chi connectivity index (χ1) is 11.2. The molecule has 0 bridgehead atoms.